The molecule has 0 atom stereocenters. The zero-order valence-corrected chi connectivity index (χ0v) is 17.0. The first kappa shape index (κ1) is 20.2. The van der Waals surface area contributed by atoms with Crippen LogP contribution < -0.4 is 10.2 Å². The minimum atomic E-state index is -0.224. The number of para-hydroxylation sites is 1. The highest BCUT2D eigenvalue weighted by atomic mass is 19.1. The molecule has 2 aromatic rings. The maximum atomic E-state index is 13.1. The number of hydrogen-bond acceptors (Lipinski definition) is 3. The molecule has 0 unspecified atom stereocenters. The average molecular weight is 384 g/mol. The zero-order chi connectivity index (χ0) is 20.1. The minimum absolute atomic E-state index is 0.0598. The molecule has 0 saturated carbocycles. The highest BCUT2D eigenvalue weighted by molar-refractivity contribution is 5.77. The van der Waals surface area contributed by atoms with Gasteiger partial charge in [0.2, 0.25) is 5.91 Å². The van der Waals surface area contributed by atoms with Crippen molar-refractivity contribution in [3.63, 3.8) is 0 Å². The van der Waals surface area contributed by atoms with Gasteiger partial charge in [0, 0.05) is 50.5 Å². The number of anilines is 2. The Balaban J connectivity index is 1.47. The zero-order valence-electron chi connectivity index (χ0n) is 17.0. The van der Waals surface area contributed by atoms with Crippen molar-refractivity contribution in [2.75, 3.05) is 42.9 Å². The van der Waals surface area contributed by atoms with Gasteiger partial charge >= 0.3 is 0 Å². The number of hydrogen-bond donors (Lipinski definition) is 1. The van der Waals surface area contributed by atoms with Crippen LogP contribution >= 0.6 is 0 Å². The highest BCUT2D eigenvalue weighted by Crippen LogP contribution is 2.29. The third-order valence-electron chi connectivity index (χ3n) is 5.21. The van der Waals surface area contributed by atoms with E-state index in [1.807, 2.05) is 11.0 Å². The molecule has 1 aliphatic rings. The van der Waals surface area contributed by atoms with E-state index in [4.69, 9.17) is 0 Å². The third kappa shape index (κ3) is 5.03. The average Bonchev–Trinajstić information content (AvgIpc) is 2.68. The summed E-state index contributed by atoms with van der Waals surface area (Å²) >= 11 is 0. The Morgan fingerprint density at radius 1 is 1.00 bits per heavy atom. The standard InChI is InChI=1S/C23H30FN3O/c1-23(2,3)20-6-4-5-7-21(20)25-13-12-22(28)27-16-14-26(15-17-27)19-10-8-18(24)9-11-19/h4-11,25H,12-17H2,1-3H3. The summed E-state index contributed by atoms with van der Waals surface area (Å²) in [6.45, 7) is 10.2. The van der Waals surface area contributed by atoms with Gasteiger partial charge in [-0.25, -0.2) is 4.39 Å². The Labute approximate surface area is 167 Å². The number of amides is 1. The maximum absolute atomic E-state index is 13.1. The molecule has 1 aliphatic heterocycles. The molecule has 5 heteroatoms. The van der Waals surface area contributed by atoms with Gasteiger partial charge in [0.15, 0.2) is 0 Å². The van der Waals surface area contributed by atoms with E-state index in [1.165, 1.54) is 17.7 Å². The second kappa shape index (κ2) is 8.63. The van der Waals surface area contributed by atoms with Crippen LogP contribution in [-0.2, 0) is 10.2 Å². The lowest BCUT2D eigenvalue weighted by Crippen LogP contribution is -2.49. The lowest BCUT2D eigenvalue weighted by atomic mass is 9.86. The van der Waals surface area contributed by atoms with Crippen molar-refractivity contribution in [2.24, 2.45) is 0 Å². The van der Waals surface area contributed by atoms with E-state index >= 15 is 0 Å². The normalized spacial score (nSPS) is 14.9. The lowest BCUT2D eigenvalue weighted by Gasteiger charge is -2.36. The van der Waals surface area contributed by atoms with Gasteiger partial charge in [0.05, 0.1) is 0 Å². The van der Waals surface area contributed by atoms with Crippen LogP contribution in [0.5, 0.6) is 0 Å². The van der Waals surface area contributed by atoms with E-state index in [9.17, 15) is 9.18 Å². The SMILES string of the molecule is CC(C)(C)c1ccccc1NCCC(=O)N1CCN(c2ccc(F)cc2)CC1. The first-order chi connectivity index (χ1) is 13.3. The van der Waals surface area contributed by atoms with Gasteiger partial charge in [0.1, 0.15) is 5.82 Å². The van der Waals surface area contributed by atoms with Gasteiger partial charge < -0.3 is 15.1 Å². The lowest BCUT2D eigenvalue weighted by molar-refractivity contribution is -0.131. The predicted molar refractivity (Wildman–Crippen MR) is 113 cm³/mol. The topological polar surface area (TPSA) is 35.6 Å². The number of rotatable bonds is 5. The van der Waals surface area contributed by atoms with Crippen LogP contribution in [0.3, 0.4) is 0 Å². The Hall–Kier alpha value is -2.56. The van der Waals surface area contributed by atoms with Crippen LogP contribution in [-0.4, -0.2) is 43.5 Å². The van der Waals surface area contributed by atoms with Crippen molar-refractivity contribution >= 4 is 17.3 Å². The number of carbonyl (C=O) groups is 1. The Morgan fingerprint density at radius 3 is 2.29 bits per heavy atom. The Morgan fingerprint density at radius 2 is 1.64 bits per heavy atom. The maximum Gasteiger partial charge on any atom is 0.224 e. The van der Waals surface area contributed by atoms with E-state index in [-0.39, 0.29) is 17.1 Å². The van der Waals surface area contributed by atoms with Crippen LogP contribution in [0.25, 0.3) is 0 Å². The molecule has 3 rings (SSSR count). The first-order valence-corrected chi connectivity index (χ1v) is 9.96. The monoisotopic (exact) mass is 383 g/mol. The molecule has 1 saturated heterocycles. The van der Waals surface area contributed by atoms with E-state index in [0.29, 0.717) is 26.1 Å². The molecule has 1 heterocycles. The number of carbonyl (C=O) groups excluding carboxylic acids is 1. The summed E-state index contributed by atoms with van der Waals surface area (Å²) in [5.41, 5.74) is 3.43. The molecule has 28 heavy (non-hydrogen) atoms. The van der Waals surface area contributed by atoms with Crippen molar-refractivity contribution in [1.82, 2.24) is 4.90 Å². The molecule has 2 aromatic carbocycles. The molecule has 4 nitrogen and oxygen atoms in total. The van der Waals surface area contributed by atoms with Crippen LogP contribution in [0.2, 0.25) is 0 Å². The van der Waals surface area contributed by atoms with E-state index in [0.717, 1.165) is 24.5 Å². The Kier molecular flexibility index (Phi) is 6.22. The van der Waals surface area contributed by atoms with E-state index < -0.39 is 0 Å². The predicted octanol–water partition coefficient (Wildman–Crippen LogP) is 4.27. The number of benzene rings is 2. The van der Waals surface area contributed by atoms with Crippen LogP contribution in [0.1, 0.15) is 32.8 Å². The molecule has 0 radical (unpaired) electrons. The largest absolute Gasteiger partial charge is 0.384 e. The van der Waals surface area contributed by atoms with Gasteiger partial charge in [-0.15, -0.1) is 0 Å². The fourth-order valence-corrected chi connectivity index (χ4v) is 3.62. The van der Waals surface area contributed by atoms with E-state index in [2.05, 4.69) is 49.2 Å². The van der Waals surface area contributed by atoms with Crippen LogP contribution in [0.4, 0.5) is 15.8 Å². The number of piperazine rings is 1. The summed E-state index contributed by atoms with van der Waals surface area (Å²) in [6.07, 6.45) is 0.481. The second-order valence-corrected chi connectivity index (χ2v) is 8.32. The summed E-state index contributed by atoms with van der Waals surface area (Å²) in [5, 5.41) is 3.44. The Bertz CT molecular complexity index is 790. The molecular formula is C23H30FN3O. The fourth-order valence-electron chi connectivity index (χ4n) is 3.62. The molecule has 150 valence electrons. The summed E-state index contributed by atoms with van der Waals surface area (Å²) in [5.74, 6) is -0.0439. The molecule has 1 amide bonds. The second-order valence-electron chi connectivity index (χ2n) is 8.32. The molecule has 0 aromatic heterocycles. The van der Waals surface area contributed by atoms with Gasteiger partial charge in [0.25, 0.3) is 0 Å². The van der Waals surface area contributed by atoms with Crippen LogP contribution in [0.15, 0.2) is 48.5 Å². The van der Waals surface area contributed by atoms with Gasteiger partial charge in [-0.3, -0.25) is 4.79 Å². The summed E-state index contributed by atoms with van der Waals surface area (Å²) < 4.78 is 13.1. The smallest absolute Gasteiger partial charge is 0.224 e. The minimum Gasteiger partial charge on any atom is -0.384 e. The number of nitrogens with zero attached hydrogens (tertiary/aromatic N) is 2. The molecule has 0 aliphatic carbocycles. The molecule has 1 fully saturated rings. The van der Waals surface area contributed by atoms with Crippen molar-refractivity contribution in [3.05, 3.63) is 59.9 Å². The molecule has 1 N–H and O–H groups in total. The van der Waals surface area contributed by atoms with Gasteiger partial charge in [-0.2, -0.15) is 0 Å². The quantitative estimate of drug-likeness (QED) is 0.837. The van der Waals surface area contributed by atoms with Crippen molar-refractivity contribution in [3.8, 4) is 0 Å². The molecule has 0 spiro atoms. The van der Waals surface area contributed by atoms with Crippen LogP contribution in [0, 0.1) is 5.82 Å². The van der Waals surface area contributed by atoms with Gasteiger partial charge in [-0.05, 0) is 41.3 Å². The van der Waals surface area contributed by atoms with Crippen molar-refractivity contribution in [1.29, 1.82) is 0 Å². The summed E-state index contributed by atoms with van der Waals surface area (Å²) in [7, 11) is 0. The summed E-state index contributed by atoms with van der Waals surface area (Å²) in [4.78, 5) is 16.7. The first-order valence-electron chi connectivity index (χ1n) is 9.96. The van der Waals surface area contributed by atoms with Gasteiger partial charge in [-0.1, -0.05) is 39.0 Å². The summed E-state index contributed by atoms with van der Waals surface area (Å²) in [6, 6.07) is 14.8. The van der Waals surface area contributed by atoms with Crippen molar-refractivity contribution in [2.45, 2.75) is 32.6 Å². The third-order valence-corrected chi connectivity index (χ3v) is 5.21. The molecular weight excluding hydrogens is 353 g/mol. The number of nitrogens with one attached hydrogen (secondary N) is 1. The number of halogens is 1. The highest BCUT2D eigenvalue weighted by Gasteiger charge is 2.21. The van der Waals surface area contributed by atoms with Crippen molar-refractivity contribution < 1.29 is 9.18 Å². The fraction of sp³-hybridized carbons (Fsp3) is 0.435. The molecule has 0 bridgehead atoms. The van der Waals surface area contributed by atoms with E-state index in [1.54, 1.807) is 12.1 Å².